The standard InChI is InChI=1S/C26H37N3O4.C4H6O6/c30-19(18-29-25(31)21-9-3-4-10-22(21)26(29)32)17-27-13-15-28(16-14-27)23-11-5-6-12-24(23)33-20-7-1-2-8-20;5-1(3(7)8)2(6)4(9)10/h5-6,11-12,19-22,30H,1-4,7-10,13-18H2;1-2,5-6H,(H,7,8)(H,9,10). The number of hydrogen-bond donors (Lipinski definition) is 5. The molecule has 4 aliphatic rings. The fourth-order valence-electron chi connectivity index (χ4n) is 6.42. The maximum absolute atomic E-state index is 12.7. The molecule has 0 aromatic heterocycles. The van der Waals surface area contributed by atoms with E-state index in [0.29, 0.717) is 12.6 Å². The maximum Gasteiger partial charge on any atom is 0.335 e. The largest absolute Gasteiger partial charge is 0.488 e. The number of aliphatic hydroxyl groups is 3. The first-order chi connectivity index (χ1) is 20.6. The normalized spacial score (nSPS) is 25.0. The minimum absolute atomic E-state index is 0.0626. The number of para-hydroxylation sites is 2. The van der Waals surface area contributed by atoms with Crippen LogP contribution in [0.25, 0.3) is 0 Å². The predicted molar refractivity (Wildman–Crippen MR) is 153 cm³/mol. The topological polar surface area (TPSA) is 188 Å². The first-order valence-electron chi connectivity index (χ1n) is 15.1. The monoisotopic (exact) mass is 605 g/mol. The quantitative estimate of drug-likeness (QED) is 0.233. The van der Waals surface area contributed by atoms with Gasteiger partial charge in [-0.2, -0.15) is 0 Å². The Morgan fingerprint density at radius 2 is 1.28 bits per heavy atom. The molecule has 2 saturated heterocycles. The Kier molecular flexibility index (Phi) is 11.4. The molecule has 13 nitrogen and oxygen atoms in total. The number of aliphatic hydroxyl groups excluding tert-OH is 3. The molecule has 2 amide bonds. The Hall–Kier alpha value is -3.26. The Bertz CT molecular complexity index is 1090. The number of carboxylic acids is 2. The van der Waals surface area contributed by atoms with Crippen molar-refractivity contribution < 1.29 is 49.4 Å². The van der Waals surface area contributed by atoms with Gasteiger partial charge in [-0.1, -0.05) is 25.0 Å². The number of rotatable bonds is 10. The molecule has 4 fully saturated rings. The van der Waals surface area contributed by atoms with Crippen LogP contribution in [-0.2, 0) is 19.2 Å². The van der Waals surface area contributed by atoms with Crippen LogP contribution in [0.5, 0.6) is 5.75 Å². The maximum atomic E-state index is 12.7. The number of fused-ring (bicyclic) bond motifs is 1. The molecule has 0 spiro atoms. The third kappa shape index (κ3) is 8.22. The van der Waals surface area contributed by atoms with E-state index in [0.717, 1.165) is 76.1 Å². The number of benzene rings is 1. The number of anilines is 1. The van der Waals surface area contributed by atoms with Crippen molar-refractivity contribution in [2.24, 2.45) is 11.8 Å². The Labute approximate surface area is 250 Å². The highest BCUT2D eigenvalue weighted by Gasteiger charge is 2.48. The smallest absolute Gasteiger partial charge is 0.335 e. The molecule has 0 radical (unpaired) electrons. The van der Waals surface area contributed by atoms with Crippen LogP contribution < -0.4 is 9.64 Å². The minimum atomic E-state index is -2.27. The van der Waals surface area contributed by atoms with Crippen molar-refractivity contribution in [3.8, 4) is 5.75 Å². The number of carbonyl (C=O) groups is 4. The van der Waals surface area contributed by atoms with Gasteiger partial charge in [-0.3, -0.25) is 19.4 Å². The molecule has 5 unspecified atom stereocenters. The lowest BCUT2D eigenvalue weighted by Crippen LogP contribution is -2.50. The number of ether oxygens (including phenoxy) is 1. The average Bonchev–Trinajstić information content (AvgIpc) is 3.60. The van der Waals surface area contributed by atoms with Gasteiger partial charge in [0.25, 0.3) is 0 Å². The average molecular weight is 606 g/mol. The van der Waals surface area contributed by atoms with E-state index in [1.165, 1.54) is 17.7 Å². The summed E-state index contributed by atoms with van der Waals surface area (Å²) in [6, 6.07) is 8.32. The van der Waals surface area contributed by atoms with E-state index in [1.807, 2.05) is 6.07 Å². The first-order valence-corrected chi connectivity index (χ1v) is 15.1. The van der Waals surface area contributed by atoms with Crippen LogP contribution >= 0.6 is 0 Å². The van der Waals surface area contributed by atoms with Crippen LogP contribution in [0.3, 0.4) is 0 Å². The number of piperazine rings is 1. The lowest BCUT2D eigenvalue weighted by Gasteiger charge is -2.38. The molecule has 5 atom stereocenters. The number of aliphatic carboxylic acids is 2. The van der Waals surface area contributed by atoms with E-state index in [9.17, 15) is 24.3 Å². The van der Waals surface area contributed by atoms with Gasteiger partial charge in [-0.25, -0.2) is 9.59 Å². The number of carboxylic acid groups (broad SMARTS) is 2. The molecule has 2 heterocycles. The minimum Gasteiger partial charge on any atom is -0.488 e. The Balaban J connectivity index is 0.000000365. The van der Waals surface area contributed by atoms with Gasteiger partial charge < -0.3 is 35.2 Å². The highest BCUT2D eigenvalue weighted by molar-refractivity contribution is 6.05. The van der Waals surface area contributed by atoms with Crippen molar-refractivity contribution in [2.75, 3.05) is 44.2 Å². The molecule has 238 valence electrons. The van der Waals surface area contributed by atoms with E-state index in [4.69, 9.17) is 25.2 Å². The summed E-state index contributed by atoms with van der Waals surface area (Å²) in [5, 5.41) is 43.2. The van der Waals surface area contributed by atoms with Crippen LogP contribution in [0.4, 0.5) is 5.69 Å². The molecular weight excluding hydrogens is 562 g/mol. The van der Waals surface area contributed by atoms with Gasteiger partial charge in [-0.05, 0) is 50.7 Å². The molecule has 2 saturated carbocycles. The summed E-state index contributed by atoms with van der Waals surface area (Å²) >= 11 is 0. The van der Waals surface area contributed by atoms with Gasteiger partial charge >= 0.3 is 11.9 Å². The second-order valence-electron chi connectivity index (χ2n) is 11.8. The second-order valence-corrected chi connectivity index (χ2v) is 11.8. The van der Waals surface area contributed by atoms with E-state index in [2.05, 4.69) is 28.0 Å². The van der Waals surface area contributed by atoms with Gasteiger partial charge in [0.05, 0.1) is 36.3 Å². The number of nitrogens with zero attached hydrogens (tertiary/aromatic N) is 3. The zero-order valence-electron chi connectivity index (χ0n) is 24.3. The van der Waals surface area contributed by atoms with Crippen molar-refractivity contribution in [2.45, 2.75) is 75.8 Å². The molecule has 5 N–H and O–H groups in total. The van der Waals surface area contributed by atoms with Crippen LogP contribution in [-0.4, -0.2) is 123 Å². The Morgan fingerprint density at radius 3 is 1.81 bits per heavy atom. The predicted octanol–water partition coefficient (Wildman–Crippen LogP) is 0.544. The highest BCUT2D eigenvalue weighted by atomic mass is 16.5. The van der Waals surface area contributed by atoms with Crippen molar-refractivity contribution >= 4 is 29.4 Å². The number of amides is 2. The number of imide groups is 1. The summed E-state index contributed by atoms with van der Waals surface area (Å²) in [6.45, 7) is 4.01. The number of hydrogen-bond acceptors (Lipinski definition) is 10. The molecule has 43 heavy (non-hydrogen) atoms. The number of carbonyl (C=O) groups excluding carboxylic acids is 2. The lowest BCUT2D eigenvalue weighted by atomic mass is 9.81. The molecule has 13 heteroatoms. The second kappa shape index (κ2) is 15.0. The lowest BCUT2D eigenvalue weighted by molar-refractivity contribution is -0.165. The molecule has 0 bridgehead atoms. The van der Waals surface area contributed by atoms with Crippen molar-refractivity contribution in [3.63, 3.8) is 0 Å². The number of likely N-dealkylation sites (tertiary alicyclic amines) is 1. The van der Waals surface area contributed by atoms with Crippen molar-refractivity contribution in [1.82, 2.24) is 9.80 Å². The van der Waals surface area contributed by atoms with Crippen molar-refractivity contribution in [1.29, 1.82) is 0 Å². The Morgan fingerprint density at radius 1 is 0.767 bits per heavy atom. The zero-order valence-corrected chi connectivity index (χ0v) is 24.3. The van der Waals surface area contributed by atoms with E-state index in [-0.39, 0.29) is 30.2 Å². The fraction of sp³-hybridized carbons (Fsp3) is 0.667. The van der Waals surface area contributed by atoms with Gasteiger partial charge in [0.15, 0.2) is 12.2 Å². The summed E-state index contributed by atoms with van der Waals surface area (Å²) in [4.78, 5) is 50.9. The molecule has 1 aromatic carbocycles. The summed E-state index contributed by atoms with van der Waals surface area (Å²) < 4.78 is 6.32. The summed E-state index contributed by atoms with van der Waals surface area (Å²) in [5.74, 6) is -2.97. The molecular formula is C30H43N3O10. The molecule has 2 aliphatic heterocycles. The fourth-order valence-corrected chi connectivity index (χ4v) is 6.42. The van der Waals surface area contributed by atoms with Gasteiger partial charge in [0.2, 0.25) is 11.8 Å². The first kappa shape index (κ1) is 32.6. The van der Waals surface area contributed by atoms with E-state index >= 15 is 0 Å². The summed E-state index contributed by atoms with van der Waals surface area (Å²) in [7, 11) is 0. The molecule has 2 aliphatic carbocycles. The van der Waals surface area contributed by atoms with E-state index < -0.39 is 30.3 Å². The van der Waals surface area contributed by atoms with Crippen LogP contribution in [0, 0.1) is 11.8 Å². The van der Waals surface area contributed by atoms with Gasteiger partial charge in [-0.15, -0.1) is 0 Å². The molecule has 5 rings (SSSR count). The molecule has 1 aromatic rings. The zero-order chi connectivity index (χ0) is 31.1. The van der Waals surface area contributed by atoms with Crippen LogP contribution in [0.15, 0.2) is 24.3 Å². The van der Waals surface area contributed by atoms with Crippen LogP contribution in [0.1, 0.15) is 51.4 Å². The van der Waals surface area contributed by atoms with Gasteiger partial charge in [0.1, 0.15) is 5.75 Å². The van der Waals surface area contributed by atoms with Crippen LogP contribution in [0.2, 0.25) is 0 Å². The number of β-amino-alcohol motifs (C(OH)–C–C–N with tert-alkyl or cyclic N) is 1. The van der Waals surface area contributed by atoms with Crippen molar-refractivity contribution in [3.05, 3.63) is 24.3 Å². The van der Waals surface area contributed by atoms with E-state index in [1.54, 1.807) is 0 Å². The SMILES string of the molecule is O=C(O)C(O)C(O)C(=O)O.O=C1C2CCCCC2C(=O)N1CC(O)CN1CCN(c2ccccc2OC2CCCC2)CC1. The third-order valence-corrected chi connectivity index (χ3v) is 8.77. The summed E-state index contributed by atoms with van der Waals surface area (Å²) in [6.07, 6.45) is 3.57. The summed E-state index contributed by atoms with van der Waals surface area (Å²) in [5.41, 5.74) is 1.15. The third-order valence-electron chi connectivity index (χ3n) is 8.77. The highest BCUT2D eigenvalue weighted by Crippen LogP contribution is 2.38. The van der Waals surface area contributed by atoms with Gasteiger partial charge in [0, 0.05) is 32.7 Å².